The van der Waals surface area contributed by atoms with Gasteiger partial charge < -0.3 is 28.8 Å². The summed E-state index contributed by atoms with van der Waals surface area (Å²) in [7, 11) is 6.27. The van der Waals surface area contributed by atoms with Crippen LogP contribution in [-0.2, 0) is 0 Å². The van der Waals surface area contributed by atoms with Crippen molar-refractivity contribution < 1.29 is 28.8 Å². The lowest BCUT2D eigenvalue weighted by molar-refractivity contribution is 0.151. The van der Waals surface area contributed by atoms with Crippen LogP contribution in [0.3, 0.4) is 0 Å². The molecule has 1 atom stereocenters. The topological polar surface area (TPSA) is 66.4 Å². The fourth-order valence-corrected chi connectivity index (χ4v) is 3.40. The summed E-state index contributed by atoms with van der Waals surface area (Å²) in [6.07, 6.45) is 0.918. The lowest BCUT2D eigenvalue weighted by atomic mass is 9.87. The Morgan fingerprint density at radius 2 is 1.46 bits per heavy atom. The van der Waals surface area contributed by atoms with E-state index in [1.807, 2.05) is 38.1 Å². The number of hydrogen-bond donors (Lipinski definition) is 1. The van der Waals surface area contributed by atoms with Crippen molar-refractivity contribution in [2.24, 2.45) is 0 Å². The molecule has 6 heteroatoms. The number of hydrogen-bond acceptors (Lipinski definition) is 6. The van der Waals surface area contributed by atoms with Crippen LogP contribution in [0, 0.1) is 0 Å². The summed E-state index contributed by atoms with van der Waals surface area (Å²) in [6, 6.07) is 8.98. The predicted octanol–water partition coefficient (Wildman–Crippen LogP) is 4.01. The fraction of sp³-hybridized carbons (Fsp3) is 0.364. The van der Waals surface area contributed by atoms with Crippen molar-refractivity contribution in [2.45, 2.75) is 25.6 Å². The van der Waals surface area contributed by atoms with E-state index in [4.69, 9.17) is 23.7 Å². The average Bonchev–Trinajstić information content (AvgIpc) is 2.70. The summed E-state index contributed by atoms with van der Waals surface area (Å²) in [6.45, 7) is 3.87. The molecule has 0 aliphatic carbocycles. The van der Waals surface area contributed by atoms with E-state index in [1.54, 1.807) is 40.6 Å². The Balaban J connectivity index is 2.17. The van der Waals surface area contributed by atoms with Crippen LogP contribution in [0.25, 0.3) is 5.57 Å². The minimum atomic E-state index is -0.994. The molecule has 0 aromatic heterocycles. The van der Waals surface area contributed by atoms with Gasteiger partial charge in [0.05, 0.1) is 34.0 Å². The summed E-state index contributed by atoms with van der Waals surface area (Å²) < 4.78 is 27.7. The first kappa shape index (κ1) is 19.9. The molecular weight excluding hydrogens is 360 g/mol. The smallest absolute Gasteiger partial charge is 0.132 e. The van der Waals surface area contributed by atoms with E-state index in [-0.39, 0.29) is 0 Å². The molecule has 1 unspecified atom stereocenters. The molecule has 0 amide bonds. The van der Waals surface area contributed by atoms with Gasteiger partial charge in [-0.25, -0.2) is 0 Å². The van der Waals surface area contributed by atoms with Gasteiger partial charge in [0, 0.05) is 23.8 Å². The highest BCUT2D eigenvalue weighted by Crippen LogP contribution is 2.48. The Labute approximate surface area is 165 Å². The monoisotopic (exact) mass is 386 g/mol. The van der Waals surface area contributed by atoms with Gasteiger partial charge >= 0.3 is 0 Å². The van der Waals surface area contributed by atoms with E-state index in [9.17, 15) is 5.11 Å². The number of rotatable bonds is 6. The summed E-state index contributed by atoms with van der Waals surface area (Å²) in [5.41, 5.74) is 1.41. The quantitative estimate of drug-likeness (QED) is 0.809. The molecule has 1 N–H and O–H groups in total. The third-order valence-corrected chi connectivity index (χ3v) is 4.70. The molecule has 1 aliphatic rings. The van der Waals surface area contributed by atoms with Crippen molar-refractivity contribution in [1.82, 2.24) is 0 Å². The zero-order valence-electron chi connectivity index (χ0n) is 17.0. The largest absolute Gasteiger partial charge is 0.497 e. The van der Waals surface area contributed by atoms with Gasteiger partial charge in [-0.05, 0) is 37.6 Å². The van der Waals surface area contributed by atoms with Crippen LogP contribution < -0.4 is 23.7 Å². The molecule has 2 aromatic carbocycles. The summed E-state index contributed by atoms with van der Waals surface area (Å²) in [4.78, 5) is 0. The van der Waals surface area contributed by atoms with Crippen LogP contribution in [0.1, 0.15) is 31.1 Å². The molecule has 0 spiro atoms. The average molecular weight is 386 g/mol. The second kappa shape index (κ2) is 7.64. The highest BCUT2D eigenvalue weighted by Gasteiger charge is 2.33. The normalized spacial score (nSPS) is 15.6. The molecule has 0 saturated carbocycles. The maximum Gasteiger partial charge on any atom is 0.132 e. The van der Waals surface area contributed by atoms with Crippen molar-refractivity contribution in [2.75, 3.05) is 28.4 Å². The van der Waals surface area contributed by atoms with Crippen LogP contribution in [-0.4, -0.2) is 39.1 Å². The Hall–Kier alpha value is -2.86. The van der Waals surface area contributed by atoms with E-state index in [1.165, 1.54) is 0 Å². The van der Waals surface area contributed by atoms with Crippen molar-refractivity contribution in [3.8, 4) is 28.7 Å². The Morgan fingerprint density at radius 1 is 0.857 bits per heavy atom. The second-order valence-corrected chi connectivity index (χ2v) is 7.02. The Bertz CT molecular complexity index is 875. The van der Waals surface area contributed by atoms with Crippen LogP contribution >= 0.6 is 0 Å². The molecule has 3 rings (SSSR count). The standard InChI is InChI=1S/C22H26O6/c1-22(2)12-16(15-8-7-13(24-3)9-17(15)28-22)21(23)20-18(26-5)10-14(25-4)11-19(20)27-6/h7-12,21,23H,1-6H3. The number of aliphatic hydroxyl groups is 1. The number of fused-ring (bicyclic) bond motifs is 1. The molecule has 2 aromatic rings. The zero-order chi connectivity index (χ0) is 20.5. The van der Waals surface area contributed by atoms with Gasteiger partial charge in [0.15, 0.2) is 0 Å². The highest BCUT2D eigenvalue weighted by molar-refractivity contribution is 5.79. The SMILES string of the molecule is COc1ccc2c(c1)OC(C)(C)C=C2C(O)c1c(OC)cc(OC)cc1OC. The minimum absolute atomic E-state index is 0.476. The fourth-order valence-electron chi connectivity index (χ4n) is 3.40. The first-order valence-electron chi connectivity index (χ1n) is 8.91. The molecule has 1 aliphatic heterocycles. The van der Waals surface area contributed by atoms with Gasteiger partial charge in [0.2, 0.25) is 0 Å². The summed E-state index contributed by atoms with van der Waals surface area (Å²) in [5, 5.41) is 11.4. The lowest BCUT2D eigenvalue weighted by Crippen LogP contribution is -2.30. The van der Waals surface area contributed by atoms with E-state index in [0.717, 1.165) is 5.56 Å². The molecule has 0 radical (unpaired) electrons. The van der Waals surface area contributed by atoms with Crippen LogP contribution in [0.4, 0.5) is 0 Å². The van der Waals surface area contributed by atoms with E-state index in [0.29, 0.717) is 39.9 Å². The van der Waals surface area contributed by atoms with Crippen molar-refractivity contribution >= 4 is 5.57 Å². The predicted molar refractivity (Wildman–Crippen MR) is 107 cm³/mol. The summed E-state index contributed by atoms with van der Waals surface area (Å²) in [5.74, 6) is 2.86. The highest BCUT2D eigenvalue weighted by atomic mass is 16.5. The molecule has 28 heavy (non-hydrogen) atoms. The molecule has 0 saturated heterocycles. The van der Waals surface area contributed by atoms with E-state index < -0.39 is 11.7 Å². The third kappa shape index (κ3) is 3.60. The Morgan fingerprint density at radius 3 is 2.00 bits per heavy atom. The van der Waals surface area contributed by atoms with E-state index >= 15 is 0 Å². The van der Waals surface area contributed by atoms with Crippen LogP contribution in [0.15, 0.2) is 36.4 Å². The molecule has 0 fully saturated rings. The molecule has 0 bridgehead atoms. The van der Waals surface area contributed by atoms with Gasteiger partial charge in [-0.2, -0.15) is 0 Å². The van der Waals surface area contributed by atoms with Crippen LogP contribution in [0.5, 0.6) is 28.7 Å². The zero-order valence-corrected chi connectivity index (χ0v) is 17.0. The molecule has 6 nitrogen and oxygen atoms in total. The van der Waals surface area contributed by atoms with Gasteiger partial charge in [0.1, 0.15) is 40.5 Å². The van der Waals surface area contributed by atoms with Crippen molar-refractivity contribution in [1.29, 1.82) is 0 Å². The minimum Gasteiger partial charge on any atom is -0.497 e. The second-order valence-electron chi connectivity index (χ2n) is 7.02. The van der Waals surface area contributed by atoms with Gasteiger partial charge in [-0.15, -0.1) is 0 Å². The van der Waals surface area contributed by atoms with Gasteiger partial charge in [0.25, 0.3) is 0 Å². The van der Waals surface area contributed by atoms with Crippen molar-refractivity contribution in [3.05, 3.63) is 47.5 Å². The Kier molecular flexibility index (Phi) is 5.42. The molecular formula is C22H26O6. The number of aliphatic hydroxyl groups excluding tert-OH is 1. The van der Waals surface area contributed by atoms with Crippen LogP contribution in [0.2, 0.25) is 0 Å². The number of methoxy groups -OCH3 is 4. The van der Waals surface area contributed by atoms with E-state index in [2.05, 4.69) is 0 Å². The van der Waals surface area contributed by atoms with Crippen molar-refractivity contribution in [3.63, 3.8) is 0 Å². The third-order valence-electron chi connectivity index (χ3n) is 4.70. The number of ether oxygens (including phenoxy) is 5. The summed E-state index contributed by atoms with van der Waals surface area (Å²) >= 11 is 0. The molecule has 1 heterocycles. The maximum absolute atomic E-state index is 11.4. The molecule has 150 valence electrons. The first-order chi connectivity index (χ1) is 13.3. The maximum atomic E-state index is 11.4. The first-order valence-corrected chi connectivity index (χ1v) is 8.91. The lowest BCUT2D eigenvalue weighted by Gasteiger charge is -2.33. The van der Waals surface area contributed by atoms with Gasteiger partial charge in [-0.3, -0.25) is 0 Å². The number of benzene rings is 2. The van der Waals surface area contributed by atoms with Gasteiger partial charge in [-0.1, -0.05) is 0 Å².